The summed E-state index contributed by atoms with van der Waals surface area (Å²) in [6, 6.07) is 11.6. The van der Waals surface area contributed by atoms with Crippen LogP contribution >= 0.6 is 0 Å². The van der Waals surface area contributed by atoms with E-state index in [2.05, 4.69) is 5.32 Å². The number of methoxy groups -OCH3 is 2. The van der Waals surface area contributed by atoms with Crippen LogP contribution in [0.4, 0.5) is 4.39 Å². The number of ether oxygens (including phenoxy) is 2. The van der Waals surface area contributed by atoms with Crippen molar-refractivity contribution in [1.82, 2.24) is 10.2 Å². The lowest BCUT2D eigenvalue weighted by Gasteiger charge is -2.21. The maximum absolute atomic E-state index is 14.2. The third-order valence-corrected chi connectivity index (χ3v) is 5.81. The smallest absolute Gasteiger partial charge is 0.256 e. The molecule has 1 aliphatic heterocycles. The molecule has 0 aromatic heterocycles. The molecule has 2 aliphatic rings. The van der Waals surface area contributed by atoms with Gasteiger partial charge in [-0.1, -0.05) is 18.2 Å². The second-order valence-corrected chi connectivity index (χ2v) is 7.79. The molecular formula is C23H25FN2O4. The number of halogens is 1. The predicted molar refractivity (Wildman–Crippen MR) is 109 cm³/mol. The SMILES string of the molecule is COc1ccc([C@@H]2CN(C(=O)c3ccccc3F)C[C@@H]2C(=O)NC2CC2)c(OC)c1. The standard InChI is InChI=1S/C23H25FN2O4/c1-29-15-9-10-16(21(11-15)30-2)18-12-26(13-19(18)22(27)25-14-7-8-14)23(28)17-5-3-4-6-20(17)24/h3-6,9-11,14,18-19H,7-8,12-13H2,1-2H3,(H,25,27)/t18-,19-/m0/s1. The average Bonchev–Trinajstić information content (AvgIpc) is 3.47. The van der Waals surface area contributed by atoms with Crippen LogP contribution in [-0.2, 0) is 4.79 Å². The highest BCUT2D eigenvalue weighted by Gasteiger charge is 2.43. The van der Waals surface area contributed by atoms with Gasteiger partial charge in [-0.15, -0.1) is 0 Å². The number of benzene rings is 2. The number of nitrogens with zero attached hydrogens (tertiary/aromatic N) is 1. The fourth-order valence-corrected chi connectivity index (χ4v) is 4.02. The lowest BCUT2D eigenvalue weighted by Crippen LogP contribution is -2.36. The summed E-state index contributed by atoms with van der Waals surface area (Å²) in [6.07, 6.45) is 1.96. The highest BCUT2D eigenvalue weighted by molar-refractivity contribution is 5.95. The second kappa shape index (κ2) is 8.34. The van der Waals surface area contributed by atoms with E-state index >= 15 is 0 Å². The average molecular weight is 412 g/mol. The predicted octanol–water partition coefficient (Wildman–Crippen LogP) is 2.98. The summed E-state index contributed by atoms with van der Waals surface area (Å²) >= 11 is 0. The van der Waals surface area contributed by atoms with Crippen LogP contribution in [0.1, 0.15) is 34.7 Å². The Morgan fingerprint density at radius 2 is 1.83 bits per heavy atom. The zero-order valence-corrected chi connectivity index (χ0v) is 17.1. The zero-order valence-electron chi connectivity index (χ0n) is 17.1. The van der Waals surface area contributed by atoms with E-state index in [0.29, 0.717) is 18.0 Å². The molecule has 2 atom stereocenters. The Bertz CT molecular complexity index is 960. The van der Waals surface area contributed by atoms with Crippen LogP contribution in [0, 0.1) is 11.7 Å². The molecule has 1 N–H and O–H groups in total. The molecule has 4 rings (SSSR count). The Hall–Kier alpha value is -3.09. The quantitative estimate of drug-likeness (QED) is 0.792. The van der Waals surface area contributed by atoms with Crippen molar-refractivity contribution in [2.24, 2.45) is 5.92 Å². The zero-order chi connectivity index (χ0) is 21.3. The third-order valence-electron chi connectivity index (χ3n) is 5.81. The van der Waals surface area contributed by atoms with Gasteiger partial charge in [0.1, 0.15) is 17.3 Å². The van der Waals surface area contributed by atoms with E-state index in [9.17, 15) is 14.0 Å². The van der Waals surface area contributed by atoms with Crippen molar-refractivity contribution in [1.29, 1.82) is 0 Å². The summed E-state index contributed by atoms with van der Waals surface area (Å²) in [7, 11) is 3.14. The molecule has 0 unspecified atom stereocenters. The van der Waals surface area contributed by atoms with E-state index in [0.717, 1.165) is 18.4 Å². The van der Waals surface area contributed by atoms with Crippen LogP contribution in [-0.4, -0.2) is 50.1 Å². The van der Waals surface area contributed by atoms with Gasteiger partial charge in [-0.05, 0) is 31.0 Å². The van der Waals surface area contributed by atoms with Gasteiger partial charge in [-0.25, -0.2) is 4.39 Å². The molecule has 0 bridgehead atoms. The number of hydrogen-bond acceptors (Lipinski definition) is 4. The Morgan fingerprint density at radius 1 is 1.07 bits per heavy atom. The summed E-state index contributed by atoms with van der Waals surface area (Å²) < 4.78 is 25.0. The Balaban J connectivity index is 1.65. The number of carbonyl (C=O) groups is 2. The van der Waals surface area contributed by atoms with Crippen molar-refractivity contribution in [3.05, 3.63) is 59.4 Å². The molecule has 0 radical (unpaired) electrons. The summed E-state index contributed by atoms with van der Waals surface area (Å²) in [5.41, 5.74) is 0.847. The van der Waals surface area contributed by atoms with Gasteiger partial charge < -0.3 is 19.7 Å². The van der Waals surface area contributed by atoms with E-state index < -0.39 is 17.6 Å². The first-order valence-electron chi connectivity index (χ1n) is 10.1. The summed E-state index contributed by atoms with van der Waals surface area (Å²) in [5, 5.41) is 3.05. The molecule has 7 heteroatoms. The Kier molecular flexibility index (Phi) is 5.61. The Morgan fingerprint density at radius 3 is 2.50 bits per heavy atom. The summed E-state index contributed by atoms with van der Waals surface area (Å²) in [6.45, 7) is 0.532. The van der Waals surface area contributed by atoms with Crippen LogP contribution < -0.4 is 14.8 Å². The molecule has 30 heavy (non-hydrogen) atoms. The van der Waals surface area contributed by atoms with Crippen molar-refractivity contribution in [2.75, 3.05) is 27.3 Å². The first kappa shape index (κ1) is 20.2. The lowest BCUT2D eigenvalue weighted by molar-refractivity contribution is -0.125. The molecule has 1 aliphatic carbocycles. The summed E-state index contributed by atoms with van der Waals surface area (Å²) in [5.74, 6) is -0.511. The Labute approximate surface area is 175 Å². The molecule has 1 saturated carbocycles. The monoisotopic (exact) mass is 412 g/mol. The summed E-state index contributed by atoms with van der Waals surface area (Å²) in [4.78, 5) is 27.5. The minimum atomic E-state index is -0.563. The van der Waals surface area contributed by atoms with Gasteiger partial charge >= 0.3 is 0 Å². The molecule has 1 saturated heterocycles. The third kappa shape index (κ3) is 3.97. The number of nitrogens with one attached hydrogen (secondary N) is 1. The fraction of sp³-hybridized carbons (Fsp3) is 0.391. The second-order valence-electron chi connectivity index (χ2n) is 7.79. The molecule has 1 heterocycles. The van der Waals surface area contributed by atoms with E-state index in [1.807, 2.05) is 12.1 Å². The molecule has 2 fully saturated rings. The van der Waals surface area contributed by atoms with Crippen molar-refractivity contribution in [3.63, 3.8) is 0 Å². The fourth-order valence-electron chi connectivity index (χ4n) is 4.02. The van der Waals surface area contributed by atoms with E-state index in [1.165, 1.54) is 12.1 Å². The lowest BCUT2D eigenvalue weighted by atomic mass is 9.87. The number of hydrogen-bond donors (Lipinski definition) is 1. The van der Waals surface area contributed by atoms with Crippen molar-refractivity contribution < 1.29 is 23.5 Å². The first-order valence-corrected chi connectivity index (χ1v) is 10.1. The van der Waals surface area contributed by atoms with Crippen LogP contribution in [0.2, 0.25) is 0 Å². The molecule has 0 spiro atoms. The molecular weight excluding hydrogens is 387 g/mol. The highest BCUT2D eigenvalue weighted by atomic mass is 19.1. The molecule has 6 nitrogen and oxygen atoms in total. The highest BCUT2D eigenvalue weighted by Crippen LogP contribution is 2.40. The number of carbonyl (C=O) groups excluding carboxylic acids is 2. The van der Waals surface area contributed by atoms with Crippen LogP contribution in [0.5, 0.6) is 11.5 Å². The van der Waals surface area contributed by atoms with Crippen LogP contribution in [0.15, 0.2) is 42.5 Å². The van der Waals surface area contributed by atoms with Crippen LogP contribution in [0.3, 0.4) is 0 Å². The van der Waals surface area contributed by atoms with Crippen LogP contribution in [0.25, 0.3) is 0 Å². The van der Waals surface area contributed by atoms with E-state index in [1.54, 1.807) is 37.3 Å². The maximum Gasteiger partial charge on any atom is 0.256 e. The number of likely N-dealkylation sites (tertiary alicyclic amines) is 1. The van der Waals surface area contributed by atoms with Gasteiger partial charge in [0.15, 0.2) is 0 Å². The van der Waals surface area contributed by atoms with Gasteiger partial charge in [0, 0.05) is 36.7 Å². The van der Waals surface area contributed by atoms with Gasteiger partial charge in [0.05, 0.1) is 25.7 Å². The molecule has 2 amide bonds. The van der Waals surface area contributed by atoms with Gasteiger partial charge in [0.2, 0.25) is 5.91 Å². The molecule has 2 aromatic carbocycles. The van der Waals surface area contributed by atoms with Gasteiger partial charge in [-0.3, -0.25) is 9.59 Å². The minimum Gasteiger partial charge on any atom is -0.497 e. The molecule has 158 valence electrons. The minimum absolute atomic E-state index is 0.0150. The topological polar surface area (TPSA) is 67.9 Å². The van der Waals surface area contributed by atoms with E-state index in [4.69, 9.17) is 9.47 Å². The number of amides is 2. The molecule has 2 aromatic rings. The first-order chi connectivity index (χ1) is 14.5. The number of rotatable bonds is 6. The van der Waals surface area contributed by atoms with Crippen molar-refractivity contribution >= 4 is 11.8 Å². The maximum atomic E-state index is 14.2. The van der Waals surface area contributed by atoms with Crippen molar-refractivity contribution in [2.45, 2.75) is 24.8 Å². The van der Waals surface area contributed by atoms with Gasteiger partial charge in [0.25, 0.3) is 5.91 Å². The van der Waals surface area contributed by atoms with Gasteiger partial charge in [-0.2, -0.15) is 0 Å². The largest absolute Gasteiger partial charge is 0.497 e. The normalized spacial score (nSPS) is 20.7. The van der Waals surface area contributed by atoms with Crippen molar-refractivity contribution in [3.8, 4) is 11.5 Å². The van der Waals surface area contributed by atoms with E-state index in [-0.39, 0.29) is 30.0 Å².